The molecule has 1 aromatic rings. The van der Waals surface area contributed by atoms with Crippen LogP contribution in [-0.2, 0) is 15.8 Å². The fourth-order valence-corrected chi connectivity index (χ4v) is 5.17. The maximum atomic E-state index is 12.2. The van der Waals surface area contributed by atoms with Gasteiger partial charge in [0, 0.05) is 29.7 Å². The van der Waals surface area contributed by atoms with Gasteiger partial charge in [0.15, 0.2) is 0 Å². The molecule has 24 heavy (non-hydrogen) atoms. The SMILES string of the molecule is CC1CC(C)CN(CCCNS(=O)(=O)Cc2ccc(Cl)cc2Cl)C1. The molecule has 0 aliphatic carbocycles. The molecule has 136 valence electrons. The van der Waals surface area contributed by atoms with Gasteiger partial charge in [-0.25, -0.2) is 13.1 Å². The van der Waals surface area contributed by atoms with Crippen LogP contribution < -0.4 is 4.72 Å². The van der Waals surface area contributed by atoms with Gasteiger partial charge in [0.25, 0.3) is 0 Å². The fourth-order valence-electron chi connectivity index (χ4n) is 3.40. The normalized spacial score (nSPS) is 22.7. The van der Waals surface area contributed by atoms with Crippen LogP contribution in [0.4, 0.5) is 0 Å². The summed E-state index contributed by atoms with van der Waals surface area (Å²) in [7, 11) is -3.39. The van der Waals surface area contributed by atoms with Gasteiger partial charge < -0.3 is 4.90 Å². The molecule has 2 atom stereocenters. The van der Waals surface area contributed by atoms with Gasteiger partial charge >= 0.3 is 0 Å². The third kappa shape index (κ3) is 6.52. The van der Waals surface area contributed by atoms with E-state index in [2.05, 4.69) is 23.5 Å². The molecule has 0 spiro atoms. The third-order valence-corrected chi connectivity index (χ3v) is 6.20. The number of hydrogen-bond acceptors (Lipinski definition) is 3. The van der Waals surface area contributed by atoms with Crippen LogP contribution in [0.25, 0.3) is 0 Å². The number of nitrogens with zero attached hydrogens (tertiary/aromatic N) is 1. The van der Waals surface area contributed by atoms with Crippen molar-refractivity contribution in [3.05, 3.63) is 33.8 Å². The number of halogens is 2. The zero-order valence-electron chi connectivity index (χ0n) is 14.3. The number of likely N-dealkylation sites (tertiary alicyclic amines) is 1. The van der Waals surface area contributed by atoms with Gasteiger partial charge in [-0.2, -0.15) is 0 Å². The van der Waals surface area contributed by atoms with E-state index in [1.807, 2.05) is 0 Å². The van der Waals surface area contributed by atoms with Crippen LogP contribution in [0.3, 0.4) is 0 Å². The lowest BCUT2D eigenvalue weighted by atomic mass is 9.92. The molecule has 0 saturated carbocycles. The molecule has 2 rings (SSSR count). The van der Waals surface area contributed by atoms with Crippen LogP contribution in [-0.4, -0.2) is 39.5 Å². The monoisotopic (exact) mass is 392 g/mol. The second-order valence-electron chi connectivity index (χ2n) is 6.95. The number of hydrogen-bond donors (Lipinski definition) is 1. The Labute approximate surface area is 155 Å². The van der Waals surface area contributed by atoms with Crippen molar-refractivity contribution in [3.8, 4) is 0 Å². The van der Waals surface area contributed by atoms with Crippen molar-refractivity contribution in [2.75, 3.05) is 26.2 Å². The Morgan fingerprint density at radius 2 is 1.88 bits per heavy atom. The molecular formula is C17H26Cl2N2O2S. The van der Waals surface area contributed by atoms with Crippen molar-refractivity contribution in [2.24, 2.45) is 11.8 Å². The largest absolute Gasteiger partial charge is 0.303 e. The summed E-state index contributed by atoms with van der Waals surface area (Å²) >= 11 is 11.9. The van der Waals surface area contributed by atoms with E-state index in [9.17, 15) is 8.42 Å². The average molecular weight is 393 g/mol. The average Bonchev–Trinajstić information content (AvgIpc) is 2.46. The lowest BCUT2D eigenvalue weighted by Crippen LogP contribution is -2.40. The Bertz CT molecular complexity index is 642. The summed E-state index contributed by atoms with van der Waals surface area (Å²) in [5.74, 6) is 1.32. The Morgan fingerprint density at radius 3 is 2.50 bits per heavy atom. The molecule has 1 fully saturated rings. The van der Waals surface area contributed by atoms with E-state index in [-0.39, 0.29) is 5.75 Å². The van der Waals surface area contributed by atoms with Gasteiger partial charge in [0.05, 0.1) is 5.75 Å². The van der Waals surface area contributed by atoms with E-state index in [1.54, 1.807) is 18.2 Å². The molecule has 0 aromatic heterocycles. The van der Waals surface area contributed by atoms with E-state index in [0.717, 1.165) is 37.9 Å². The zero-order valence-corrected chi connectivity index (χ0v) is 16.6. The van der Waals surface area contributed by atoms with Gasteiger partial charge in [-0.15, -0.1) is 0 Å². The quantitative estimate of drug-likeness (QED) is 0.718. The summed E-state index contributed by atoms with van der Waals surface area (Å²) < 4.78 is 27.0. The van der Waals surface area contributed by atoms with Crippen molar-refractivity contribution in [1.82, 2.24) is 9.62 Å². The first-order valence-electron chi connectivity index (χ1n) is 8.39. The van der Waals surface area contributed by atoms with Crippen LogP contribution in [0.15, 0.2) is 18.2 Å². The first kappa shape index (κ1) is 20.0. The standard InChI is InChI=1S/C17H26Cl2N2O2S/c1-13-8-14(2)11-21(10-13)7-3-6-20-24(22,23)12-15-4-5-16(18)9-17(15)19/h4-5,9,13-14,20H,3,6-8,10-12H2,1-2H3. The fraction of sp³-hybridized carbons (Fsp3) is 0.647. The van der Waals surface area contributed by atoms with Gasteiger partial charge in [0.1, 0.15) is 0 Å². The predicted molar refractivity (Wildman–Crippen MR) is 101 cm³/mol. The van der Waals surface area contributed by atoms with Crippen LogP contribution in [0.5, 0.6) is 0 Å². The van der Waals surface area contributed by atoms with Crippen LogP contribution in [0.2, 0.25) is 10.0 Å². The molecule has 1 heterocycles. The minimum atomic E-state index is -3.39. The molecule has 1 aliphatic rings. The third-order valence-electron chi connectivity index (χ3n) is 4.28. The van der Waals surface area contributed by atoms with Crippen molar-refractivity contribution in [1.29, 1.82) is 0 Å². The molecule has 1 N–H and O–H groups in total. The molecule has 2 unspecified atom stereocenters. The second kappa shape index (κ2) is 8.86. The highest BCUT2D eigenvalue weighted by molar-refractivity contribution is 7.88. The maximum absolute atomic E-state index is 12.2. The van der Waals surface area contributed by atoms with Gasteiger partial charge in [-0.05, 0) is 48.9 Å². The van der Waals surface area contributed by atoms with Crippen LogP contribution in [0, 0.1) is 11.8 Å². The van der Waals surface area contributed by atoms with E-state index in [1.165, 1.54) is 6.42 Å². The highest BCUT2D eigenvalue weighted by Gasteiger charge is 2.21. The number of sulfonamides is 1. The van der Waals surface area contributed by atoms with Crippen LogP contribution >= 0.6 is 23.2 Å². The summed E-state index contributed by atoms with van der Waals surface area (Å²) in [5.41, 5.74) is 0.562. The molecule has 4 nitrogen and oxygen atoms in total. The van der Waals surface area contributed by atoms with Gasteiger partial charge in [-0.1, -0.05) is 43.1 Å². The van der Waals surface area contributed by atoms with Crippen LogP contribution in [0.1, 0.15) is 32.3 Å². The van der Waals surface area contributed by atoms with Crippen molar-refractivity contribution in [2.45, 2.75) is 32.4 Å². The smallest absolute Gasteiger partial charge is 0.215 e. The van der Waals surface area contributed by atoms with Gasteiger partial charge in [-0.3, -0.25) is 0 Å². The molecule has 0 radical (unpaired) electrons. The predicted octanol–water partition coefficient (Wildman–Crippen LogP) is 3.78. The minimum Gasteiger partial charge on any atom is -0.303 e. The van der Waals surface area contributed by atoms with Crippen molar-refractivity contribution >= 4 is 33.2 Å². The molecule has 7 heteroatoms. The van der Waals surface area contributed by atoms with E-state index in [4.69, 9.17) is 23.2 Å². The highest BCUT2D eigenvalue weighted by atomic mass is 35.5. The number of piperidine rings is 1. The zero-order chi connectivity index (χ0) is 17.7. The summed E-state index contributed by atoms with van der Waals surface area (Å²) in [6.45, 7) is 8.16. The summed E-state index contributed by atoms with van der Waals surface area (Å²) in [4.78, 5) is 2.43. The van der Waals surface area contributed by atoms with Crippen molar-refractivity contribution in [3.63, 3.8) is 0 Å². The van der Waals surface area contributed by atoms with E-state index >= 15 is 0 Å². The van der Waals surface area contributed by atoms with Gasteiger partial charge in [0.2, 0.25) is 10.0 Å². The first-order chi connectivity index (χ1) is 11.2. The lowest BCUT2D eigenvalue weighted by molar-refractivity contribution is 0.140. The van der Waals surface area contributed by atoms with Crippen molar-refractivity contribution < 1.29 is 8.42 Å². The Balaban J connectivity index is 1.76. The maximum Gasteiger partial charge on any atom is 0.215 e. The van der Waals surface area contributed by atoms with E-state index in [0.29, 0.717) is 22.2 Å². The molecule has 0 amide bonds. The lowest BCUT2D eigenvalue weighted by Gasteiger charge is -2.34. The highest BCUT2D eigenvalue weighted by Crippen LogP contribution is 2.23. The first-order valence-corrected chi connectivity index (χ1v) is 10.8. The molecule has 1 aliphatic heterocycles. The molecule has 1 aromatic carbocycles. The topological polar surface area (TPSA) is 49.4 Å². The molecule has 0 bridgehead atoms. The number of nitrogens with one attached hydrogen (secondary N) is 1. The summed E-state index contributed by atoms with van der Waals surface area (Å²) in [6.07, 6.45) is 2.10. The number of benzene rings is 1. The van der Waals surface area contributed by atoms with E-state index < -0.39 is 10.0 Å². The summed E-state index contributed by atoms with van der Waals surface area (Å²) in [6, 6.07) is 4.87. The molecular weight excluding hydrogens is 367 g/mol. The Morgan fingerprint density at radius 1 is 1.21 bits per heavy atom. The Kier molecular flexibility index (Phi) is 7.38. The number of rotatable bonds is 7. The molecule has 1 saturated heterocycles. The Hall–Kier alpha value is -0.330. The minimum absolute atomic E-state index is 0.124. The second-order valence-corrected chi connectivity index (χ2v) is 9.60. The summed E-state index contributed by atoms with van der Waals surface area (Å²) in [5, 5.41) is 0.878.